The maximum absolute atomic E-state index is 7.10. The lowest BCUT2D eigenvalue weighted by Crippen LogP contribution is -2.30. The molecule has 54 valence electrons. The molecule has 0 bridgehead atoms. The zero-order valence-corrected chi connectivity index (χ0v) is 6.35. The summed E-state index contributed by atoms with van der Waals surface area (Å²) in [7, 11) is 0. The largest absolute Gasteiger partial charge is 0.328 e. The van der Waals surface area contributed by atoms with E-state index < -0.39 is 0 Å². The summed E-state index contributed by atoms with van der Waals surface area (Å²) in [5, 5.41) is 0. The van der Waals surface area contributed by atoms with E-state index in [1.54, 1.807) is 0 Å². The third-order valence-corrected chi connectivity index (χ3v) is 2.31. The second kappa shape index (κ2) is 2.30. The minimum atomic E-state index is 0.183. The SMILES string of the molecule is [2H]N([2H])C1CCC(C)(C)CC1. The van der Waals surface area contributed by atoms with Crippen molar-refractivity contribution in [2.75, 3.05) is 0 Å². The first-order chi connectivity index (χ1) is 5.01. The normalized spacial score (nSPS) is 31.9. The van der Waals surface area contributed by atoms with Crippen LogP contribution in [0.25, 0.3) is 0 Å². The second-order valence-electron chi connectivity index (χ2n) is 3.90. The summed E-state index contributed by atoms with van der Waals surface area (Å²) in [5.41, 5.74) is 1.32. The van der Waals surface area contributed by atoms with Gasteiger partial charge in [0.05, 0.1) is 0 Å². The van der Waals surface area contributed by atoms with Gasteiger partial charge in [-0.05, 0) is 31.1 Å². The van der Waals surface area contributed by atoms with Crippen LogP contribution < -0.4 is 5.72 Å². The van der Waals surface area contributed by atoms with Crippen molar-refractivity contribution in [2.24, 2.45) is 11.1 Å². The summed E-state index contributed by atoms with van der Waals surface area (Å²) in [4.78, 5) is 0. The molecule has 2 N–H and O–H groups in total. The highest BCUT2D eigenvalue weighted by molar-refractivity contribution is 4.79. The van der Waals surface area contributed by atoms with Crippen molar-refractivity contribution in [1.82, 2.24) is 0 Å². The molecule has 9 heavy (non-hydrogen) atoms. The van der Waals surface area contributed by atoms with Gasteiger partial charge < -0.3 is 5.72 Å². The Hall–Kier alpha value is -0.0400. The van der Waals surface area contributed by atoms with Crippen LogP contribution in [-0.4, -0.2) is 6.04 Å². The predicted octanol–water partition coefficient (Wildman–Crippen LogP) is 1.91. The van der Waals surface area contributed by atoms with Crippen molar-refractivity contribution in [3.8, 4) is 0 Å². The Morgan fingerprint density at radius 2 is 2.00 bits per heavy atom. The first-order valence-electron chi connectivity index (χ1n) is 4.68. The molecule has 0 heterocycles. The van der Waals surface area contributed by atoms with Crippen LogP contribution in [0, 0.1) is 5.41 Å². The Morgan fingerprint density at radius 1 is 1.44 bits per heavy atom. The fourth-order valence-electron chi connectivity index (χ4n) is 1.38. The lowest BCUT2D eigenvalue weighted by molar-refractivity contribution is 0.225. The average molecular weight is 129 g/mol. The van der Waals surface area contributed by atoms with Gasteiger partial charge in [0.25, 0.3) is 0 Å². The molecular formula is C8H17N. The molecule has 1 heteroatoms. The summed E-state index contributed by atoms with van der Waals surface area (Å²) in [6.07, 6.45) is 4.35. The molecule has 0 aromatic rings. The topological polar surface area (TPSA) is 26.0 Å². The Labute approximate surface area is 60.6 Å². The molecule has 0 atom stereocenters. The molecule has 1 nitrogen and oxygen atoms in total. The first kappa shape index (κ1) is 4.73. The van der Waals surface area contributed by atoms with Gasteiger partial charge in [0.15, 0.2) is 0 Å². The van der Waals surface area contributed by atoms with E-state index in [0.717, 1.165) is 31.4 Å². The maximum atomic E-state index is 7.10. The molecule has 1 rings (SSSR count). The third kappa shape index (κ3) is 1.98. The zero-order chi connectivity index (χ0) is 8.48. The number of nitrogens with two attached hydrogens (primary N) is 1. The van der Waals surface area contributed by atoms with Crippen molar-refractivity contribution in [3.05, 3.63) is 0 Å². The lowest BCUT2D eigenvalue weighted by atomic mass is 9.76. The summed E-state index contributed by atoms with van der Waals surface area (Å²) >= 11 is 0. The minimum absolute atomic E-state index is 0.183. The molecule has 1 aliphatic carbocycles. The third-order valence-electron chi connectivity index (χ3n) is 2.31. The van der Waals surface area contributed by atoms with Crippen molar-refractivity contribution in [2.45, 2.75) is 45.6 Å². The summed E-state index contributed by atoms with van der Waals surface area (Å²) in [6.45, 7) is 4.53. The lowest BCUT2D eigenvalue weighted by Gasteiger charge is -2.32. The fourth-order valence-corrected chi connectivity index (χ4v) is 1.38. The highest BCUT2D eigenvalue weighted by atomic mass is 14.6. The van der Waals surface area contributed by atoms with E-state index in [-0.39, 0.29) is 6.04 Å². The maximum Gasteiger partial charge on any atom is 0.119 e. The molecular weight excluding hydrogens is 110 g/mol. The van der Waals surface area contributed by atoms with Gasteiger partial charge in [0.1, 0.15) is 2.82 Å². The highest BCUT2D eigenvalue weighted by Gasteiger charge is 2.24. The monoisotopic (exact) mass is 129 g/mol. The minimum Gasteiger partial charge on any atom is -0.328 e. The van der Waals surface area contributed by atoms with Gasteiger partial charge in [0.2, 0.25) is 0 Å². The quantitative estimate of drug-likeness (QED) is 0.575. The van der Waals surface area contributed by atoms with Crippen LogP contribution >= 0.6 is 0 Å². The van der Waals surface area contributed by atoms with Gasteiger partial charge >= 0.3 is 0 Å². The van der Waals surface area contributed by atoms with Gasteiger partial charge in [-0.15, -0.1) is 0 Å². The molecule has 0 spiro atoms. The Bertz CT molecular complexity index is 124. The Kier molecular flexibility index (Phi) is 1.21. The first-order valence-corrected chi connectivity index (χ1v) is 3.78. The molecule has 0 aliphatic heterocycles. The van der Waals surface area contributed by atoms with Crippen molar-refractivity contribution in [1.29, 1.82) is 0 Å². The highest BCUT2D eigenvalue weighted by Crippen LogP contribution is 2.34. The molecule has 1 saturated carbocycles. The molecule has 1 aliphatic rings. The van der Waals surface area contributed by atoms with Crippen LogP contribution in [-0.2, 0) is 0 Å². The van der Waals surface area contributed by atoms with Crippen LogP contribution in [0.4, 0.5) is 0 Å². The number of hydrogen-bond acceptors (Lipinski definition) is 1. The van der Waals surface area contributed by atoms with Crippen LogP contribution in [0.5, 0.6) is 0 Å². The second-order valence-corrected chi connectivity index (χ2v) is 3.90. The van der Waals surface area contributed by atoms with E-state index in [0.29, 0.717) is 5.41 Å². The molecule has 0 unspecified atom stereocenters. The summed E-state index contributed by atoms with van der Waals surface area (Å²) in [6, 6.07) is 0.183. The molecule has 1 fully saturated rings. The fraction of sp³-hybridized carbons (Fsp3) is 1.00. The van der Waals surface area contributed by atoms with Crippen LogP contribution in [0.15, 0.2) is 0 Å². The smallest absolute Gasteiger partial charge is 0.119 e. The van der Waals surface area contributed by atoms with Crippen molar-refractivity contribution in [3.63, 3.8) is 0 Å². The van der Waals surface area contributed by atoms with Gasteiger partial charge in [-0.2, -0.15) is 0 Å². The Balaban J connectivity index is 2.36. The van der Waals surface area contributed by atoms with Crippen molar-refractivity contribution < 1.29 is 2.82 Å². The van der Waals surface area contributed by atoms with E-state index in [4.69, 9.17) is 2.82 Å². The summed E-state index contributed by atoms with van der Waals surface area (Å²) < 4.78 is 14.2. The molecule has 0 radical (unpaired) electrons. The standard InChI is InChI=1S/C8H17N/c1-8(2)5-3-7(9)4-6-8/h7H,3-6,9H2,1-2H3/i/hD2. The van der Waals surface area contributed by atoms with Gasteiger partial charge in [0, 0.05) is 6.04 Å². The van der Waals surface area contributed by atoms with Crippen LogP contribution in [0.3, 0.4) is 0 Å². The number of rotatable bonds is 1. The molecule has 0 saturated heterocycles. The van der Waals surface area contributed by atoms with E-state index in [1.165, 1.54) is 0 Å². The van der Waals surface area contributed by atoms with Gasteiger partial charge in [-0.3, -0.25) is 0 Å². The number of hydrogen-bond donors (Lipinski definition) is 1. The van der Waals surface area contributed by atoms with Crippen LogP contribution in [0.1, 0.15) is 39.5 Å². The average Bonchev–Trinajstić information content (AvgIpc) is 1.86. The summed E-state index contributed by atoms with van der Waals surface area (Å²) in [5.74, 6) is 0. The van der Waals surface area contributed by atoms with Gasteiger partial charge in [-0.1, -0.05) is 13.8 Å². The predicted molar refractivity (Wildman–Crippen MR) is 40.2 cm³/mol. The van der Waals surface area contributed by atoms with Crippen LogP contribution in [0.2, 0.25) is 2.82 Å². The van der Waals surface area contributed by atoms with E-state index >= 15 is 0 Å². The molecule has 0 aromatic heterocycles. The van der Waals surface area contributed by atoms with E-state index in [1.807, 2.05) is 0 Å². The van der Waals surface area contributed by atoms with E-state index in [2.05, 4.69) is 13.8 Å². The molecule has 0 aromatic carbocycles. The Morgan fingerprint density at radius 3 is 2.44 bits per heavy atom. The molecule has 0 amide bonds. The van der Waals surface area contributed by atoms with Gasteiger partial charge in [-0.25, -0.2) is 0 Å². The van der Waals surface area contributed by atoms with Crippen molar-refractivity contribution >= 4 is 0 Å². The zero-order valence-electron chi connectivity index (χ0n) is 8.35. The van der Waals surface area contributed by atoms with E-state index in [9.17, 15) is 0 Å².